The maximum atomic E-state index is 12.0. The maximum absolute atomic E-state index is 12.0. The fourth-order valence-electron chi connectivity index (χ4n) is 0.599. The van der Waals surface area contributed by atoms with E-state index in [1.807, 2.05) is 0 Å². The second-order valence-corrected chi connectivity index (χ2v) is 2.72. The quantitative estimate of drug-likeness (QED) is 0.794. The first-order chi connectivity index (χ1) is 5.11. The first-order valence-electron chi connectivity index (χ1n) is 2.74. The fourth-order valence-corrected chi connectivity index (χ4v) is 1.11. The van der Waals surface area contributed by atoms with Gasteiger partial charge in [-0.3, -0.25) is 4.98 Å². The van der Waals surface area contributed by atoms with E-state index in [4.69, 9.17) is 5.11 Å². The molecule has 0 bridgehead atoms. The zero-order valence-electron chi connectivity index (χ0n) is 5.26. The molecule has 0 fully saturated rings. The molecular formula is C6H4BrF2NO. The summed E-state index contributed by atoms with van der Waals surface area (Å²) in [5.41, 5.74) is -0.359. The Hall–Kier alpha value is -0.710. The molecule has 0 aliphatic heterocycles. The maximum Gasteiger partial charge on any atom is 0.281 e. The van der Waals surface area contributed by atoms with Crippen molar-refractivity contribution in [2.45, 2.75) is 6.43 Å². The van der Waals surface area contributed by atoms with Gasteiger partial charge in [0.15, 0.2) is 0 Å². The molecule has 1 heterocycles. The highest BCUT2D eigenvalue weighted by Gasteiger charge is 2.12. The largest absolute Gasteiger partial charge is 0.506 e. The van der Waals surface area contributed by atoms with Crippen LogP contribution in [0.2, 0.25) is 0 Å². The molecule has 0 saturated heterocycles. The van der Waals surface area contributed by atoms with Gasteiger partial charge in [0.2, 0.25) is 0 Å². The summed E-state index contributed by atoms with van der Waals surface area (Å²) < 4.78 is 24.1. The summed E-state index contributed by atoms with van der Waals surface area (Å²) in [4.78, 5) is 3.33. The van der Waals surface area contributed by atoms with Gasteiger partial charge in [0.1, 0.15) is 11.4 Å². The molecule has 0 aliphatic carbocycles. The smallest absolute Gasteiger partial charge is 0.281 e. The van der Waals surface area contributed by atoms with E-state index in [1.54, 1.807) is 0 Å². The number of aromatic nitrogens is 1. The average molecular weight is 224 g/mol. The van der Waals surface area contributed by atoms with E-state index in [0.717, 1.165) is 6.20 Å². The third-order valence-corrected chi connectivity index (χ3v) is 1.70. The zero-order valence-corrected chi connectivity index (χ0v) is 6.85. The fraction of sp³-hybridized carbons (Fsp3) is 0.167. The average Bonchev–Trinajstić information content (AvgIpc) is 1.85. The van der Waals surface area contributed by atoms with Crippen molar-refractivity contribution in [1.82, 2.24) is 4.98 Å². The Labute approximate surface area is 70.0 Å². The minimum absolute atomic E-state index is 0.118. The number of halogens is 3. The van der Waals surface area contributed by atoms with Crippen LogP contribution >= 0.6 is 15.9 Å². The van der Waals surface area contributed by atoms with E-state index in [2.05, 4.69) is 20.9 Å². The molecule has 60 valence electrons. The van der Waals surface area contributed by atoms with Crippen LogP contribution in [-0.4, -0.2) is 10.1 Å². The van der Waals surface area contributed by atoms with Crippen molar-refractivity contribution in [3.05, 3.63) is 22.4 Å². The van der Waals surface area contributed by atoms with Crippen LogP contribution in [-0.2, 0) is 0 Å². The predicted octanol–water partition coefficient (Wildman–Crippen LogP) is 2.49. The van der Waals surface area contributed by atoms with Crippen LogP contribution in [0, 0.1) is 0 Å². The van der Waals surface area contributed by atoms with Gasteiger partial charge < -0.3 is 5.11 Å². The molecular weight excluding hydrogens is 220 g/mol. The highest BCUT2D eigenvalue weighted by Crippen LogP contribution is 2.27. The third kappa shape index (κ3) is 1.86. The Morgan fingerprint density at radius 1 is 1.55 bits per heavy atom. The molecule has 0 unspecified atom stereocenters. The molecule has 0 radical (unpaired) electrons. The molecule has 0 atom stereocenters. The Morgan fingerprint density at radius 2 is 2.18 bits per heavy atom. The Balaban J connectivity index is 3.09. The van der Waals surface area contributed by atoms with Gasteiger partial charge in [-0.1, -0.05) is 0 Å². The lowest BCUT2D eigenvalue weighted by atomic mass is 10.3. The van der Waals surface area contributed by atoms with Crippen LogP contribution in [0.25, 0.3) is 0 Å². The Morgan fingerprint density at radius 3 is 2.64 bits per heavy atom. The number of rotatable bonds is 1. The van der Waals surface area contributed by atoms with E-state index >= 15 is 0 Å². The molecule has 0 aliphatic rings. The molecule has 0 aromatic carbocycles. The Kier molecular flexibility index (Phi) is 2.38. The highest BCUT2D eigenvalue weighted by molar-refractivity contribution is 9.10. The minimum atomic E-state index is -2.62. The molecule has 5 heteroatoms. The lowest BCUT2D eigenvalue weighted by molar-refractivity contribution is 0.145. The van der Waals surface area contributed by atoms with Gasteiger partial charge in [-0.15, -0.1) is 0 Å². The van der Waals surface area contributed by atoms with Crippen molar-refractivity contribution in [3.8, 4) is 5.75 Å². The Bertz CT molecular complexity index is 267. The number of hydrogen-bond acceptors (Lipinski definition) is 2. The van der Waals surface area contributed by atoms with Crippen LogP contribution in [0.4, 0.5) is 8.78 Å². The summed E-state index contributed by atoms with van der Waals surface area (Å²) in [7, 11) is 0. The third-order valence-electron chi connectivity index (χ3n) is 1.06. The molecule has 11 heavy (non-hydrogen) atoms. The van der Waals surface area contributed by atoms with Gasteiger partial charge in [0.05, 0.1) is 6.20 Å². The SMILES string of the molecule is Oc1cnc(C(F)F)c(Br)c1. The number of aromatic hydroxyl groups is 1. The summed E-state index contributed by atoms with van der Waals surface area (Å²) >= 11 is 2.85. The lowest BCUT2D eigenvalue weighted by Gasteiger charge is -2.00. The first-order valence-corrected chi connectivity index (χ1v) is 3.53. The van der Waals surface area contributed by atoms with Crippen LogP contribution in [0.5, 0.6) is 5.75 Å². The van der Waals surface area contributed by atoms with E-state index in [9.17, 15) is 8.78 Å². The van der Waals surface area contributed by atoms with Crippen LogP contribution in [0.15, 0.2) is 16.7 Å². The monoisotopic (exact) mass is 223 g/mol. The van der Waals surface area contributed by atoms with Gasteiger partial charge >= 0.3 is 0 Å². The van der Waals surface area contributed by atoms with Crippen molar-refractivity contribution in [3.63, 3.8) is 0 Å². The molecule has 0 saturated carbocycles. The summed E-state index contributed by atoms with van der Waals surface area (Å²) in [6.45, 7) is 0. The topological polar surface area (TPSA) is 33.1 Å². The summed E-state index contributed by atoms with van der Waals surface area (Å²) in [5.74, 6) is -0.138. The number of hydrogen-bond donors (Lipinski definition) is 1. The van der Waals surface area contributed by atoms with Crippen molar-refractivity contribution < 1.29 is 13.9 Å². The molecule has 1 aromatic rings. The first kappa shape index (κ1) is 8.39. The normalized spacial score (nSPS) is 10.5. The number of nitrogens with zero attached hydrogens (tertiary/aromatic N) is 1. The minimum Gasteiger partial charge on any atom is -0.506 e. The van der Waals surface area contributed by atoms with E-state index < -0.39 is 6.43 Å². The number of alkyl halides is 2. The van der Waals surface area contributed by atoms with Crippen LogP contribution in [0.3, 0.4) is 0 Å². The van der Waals surface area contributed by atoms with Crippen molar-refractivity contribution in [2.24, 2.45) is 0 Å². The van der Waals surface area contributed by atoms with Crippen molar-refractivity contribution >= 4 is 15.9 Å². The van der Waals surface area contributed by atoms with Crippen LogP contribution in [0.1, 0.15) is 12.1 Å². The molecule has 0 spiro atoms. The highest BCUT2D eigenvalue weighted by atomic mass is 79.9. The molecule has 1 N–H and O–H groups in total. The summed E-state index contributed by atoms with van der Waals surface area (Å²) in [6.07, 6.45) is -1.64. The van der Waals surface area contributed by atoms with E-state index in [0.29, 0.717) is 0 Å². The predicted molar refractivity (Wildman–Crippen MR) is 38.6 cm³/mol. The van der Waals surface area contributed by atoms with Crippen molar-refractivity contribution in [2.75, 3.05) is 0 Å². The van der Waals surface area contributed by atoms with Gasteiger partial charge in [-0.2, -0.15) is 0 Å². The van der Waals surface area contributed by atoms with Gasteiger partial charge in [-0.05, 0) is 22.0 Å². The molecule has 1 rings (SSSR count). The lowest BCUT2D eigenvalue weighted by Crippen LogP contribution is -1.90. The van der Waals surface area contributed by atoms with Crippen molar-refractivity contribution in [1.29, 1.82) is 0 Å². The molecule has 0 amide bonds. The van der Waals surface area contributed by atoms with E-state index in [1.165, 1.54) is 6.07 Å². The number of pyridine rings is 1. The summed E-state index contributed by atoms with van der Waals surface area (Å²) in [6, 6.07) is 1.18. The second kappa shape index (κ2) is 3.13. The zero-order chi connectivity index (χ0) is 8.43. The summed E-state index contributed by atoms with van der Waals surface area (Å²) in [5, 5.41) is 8.78. The van der Waals surface area contributed by atoms with Gasteiger partial charge in [-0.25, -0.2) is 8.78 Å². The van der Waals surface area contributed by atoms with E-state index in [-0.39, 0.29) is 15.9 Å². The standard InChI is InChI=1S/C6H4BrF2NO/c7-4-1-3(11)2-10-5(4)6(8)9/h1-2,6,11H. The molecule has 2 nitrogen and oxygen atoms in total. The molecule has 1 aromatic heterocycles. The van der Waals surface area contributed by atoms with Crippen LogP contribution < -0.4 is 0 Å². The van der Waals surface area contributed by atoms with Gasteiger partial charge in [0.25, 0.3) is 6.43 Å². The second-order valence-electron chi connectivity index (χ2n) is 1.86. The van der Waals surface area contributed by atoms with Gasteiger partial charge in [0, 0.05) is 4.47 Å².